The van der Waals surface area contributed by atoms with Crippen LogP contribution in [-0.4, -0.2) is 19.6 Å². The molecule has 2 aromatic heterocycles. The first-order chi connectivity index (χ1) is 31.8. The second kappa shape index (κ2) is 16.1. The number of aryl methyl sites for hydroxylation is 2. The van der Waals surface area contributed by atoms with Crippen molar-refractivity contribution < 1.29 is 34.4 Å². The summed E-state index contributed by atoms with van der Waals surface area (Å²) in [5, 5.41) is 15.1. The summed E-state index contributed by atoms with van der Waals surface area (Å²) in [6.07, 6.45) is 1.81. The van der Waals surface area contributed by atoms with E-state index in [2.05, 4.69) is 77.9 Å². The largest absolute Gasteiger partial charge is 0.507 e. The first-order valence-electron chi connectivity index (χ1n) is 24.3. The van der Waals surface area contributed by atoms with E-state index in [1.54, 1.807) is 16.7 Å². The molecule has 0 aliphatic heterocycles. The van der Waals surface area contributed by atoms with E-state index in [1.165, 1.54) is 0 Å². The monoisotopic (exact) mass is 1010 g/mol. The van der Waals surface area contributed by atoms with Crippen molar-refractivity contribution in [2.45, 2.75) is 92.3 Å². The third-order valence-corrected chi connectivity index (χ3v) is 12.1. The van der Waals surface area contributed by atoms with E-state index in [0.717, 1.165) is 49.8 Å². The summed E-state index contributed by atoms with van der Waals surface area (Å²) < 4.78 is 56.9. The van der Waals surface area contributed by atoms with E-state index in [1.807, 2.05) is 112 Å². The van der Waals surface area contributed by atoms with Crippen LogP contribution in [0, 0.1) is 19.8 Å². The Bertz CT molecular complexity index is 3440. The number of hydrogen-bond donors (Lipinski definition) is 1. The number of fused-ring (bicyclic) bond motifs is 4. The van der Waals surface area contributed by atoms with Gasteiger partial charge in [0.05, 0.1) is 22.3 Å². The standard InChI is InChI=1S/C58H56N3O.Pt/c1-35-28-47-44(25-24-38-20-15-16-21-45(38)47)36(2)53(35)61-51-23-17-22-46(52(51)60-55(61)48-33-43(57(6,7)8)34-49(54(48)62)58(9,10)11)40-29-41(31-42(30-40)56(3,4)5)50-32-39(26-27-59-50)37-18-13-12-14-19-37;/h12-28,30-34,62H,1-11H3;/q-1;/i1D3,2D3;. The molecule has 0 saturated carbocycles. The number of pyridine rings is 1. The summed E-state index contributed by atoms with van der Waals surface area (Å²) in [5.74, 6) is 0.191. The van der Waals surface area contributed by atoms with E-state index >= 15 is 0 Å². The van der Waals surface area contributed by atoms with Crippen molar-refractivity contribution in [1.29, 1.82) is 0 Å². The van der Waals surface area contributed by atoms with Crippen LogP contribution in [0.4, 0.5) is 0 Å². The van der Waals surface area contributed by atoms with Crippen LogP contribution in [0.1, 0.15) is 98.4 Å². The molecule has 0 atom stereocenters. The summed E-state index contributed by atoms with van der Waals surface area (Å²) in [5.41, 5.74) is 7.46. The number of aromatic hydroxyl groups is 1. The van der Waals surface area contributed by atoms with Gasteiger partial charge in [-0.05, 0) is 104 Å². The zero-order chi connectivity index (χ0) is 48.9. The maximum absolute atomic E-state index is 12.6. The van der Waals surface area contributed by atoms with E-state index in [4.69, 9.17) is 14.1 Å². The number of rotatable bonds is 5. The van der Waals surface area contributed by atoms with Crippen molar-refractivity contribution in [3.8, 4) is 56.3 Å². The second-order valence-corrected chi connectivity index (χ2v) is 19.6. The summed E-state index contributed by atoms with van der Waals surface area (Å²) in [4.78, 5) is 10.3. The number of phenols is 1. The minimum absolute atomic E-state index is 0. The Morgan fingerprint density at radius 3 is 2.03 bits per heavy atom. The molecule has 0 amide bonds. The van der Waals surface area contributed by atoms with Gasteiger partial charge in [-0.25, -0.2) is 4.98 Å². The maximum atomic E-state index is 12.6. The Balaban J connectivity index is 0.00000642. The van der Waals surface area contributed by atoms with Gasteiger partial charge in [0.1, 0.15) is 11.6 Å². The molecule has 0 spiro atoms. The molecule has 0 radical (unpaired) electrons. The predicted octanol–water partition coefficient (Wildman–Crippen LogP) is 15.4. The van der Waals surface area contributed by atoms with Crippen LogP contribution < -0.4 is 0 Å². The molecule has 0 fully saturated rings. The number of hydrogen-bond acceptors (Lipinski definition) is 3. The summed E-state index contributed by atoms with van der Waals surface area (Å²) in [6, 6.07) is 44.7. The summed E-state index contributed by atoms with van der Waals surface area (Å²) in [6.45, 7) is 13.3. The van der Waals surface area contributed by atoms with Crippen molar-refractivity contribution in [2.24, 2.45) is 0 Å². The topological polar surface area (TPSA) is 50.9 Å². The zero-order valence-electron chi connectivity index (χ0n) is 43.3. The SMILES string of the molecule is [2H]C([2H])([2H])c1cc2c(ccc3ccccc32)c(C([2H])([2H])[2H])c1-n1c(-c2cc(C(C)(C)C)cc(C(C)(C)C)c2O)nc2c(-c3[c-]c(-c4cc(-c5ccccc5)ccn4)cc(C(C)(C)C)c3)cccc21.[Pt]. The molecule has 4 nitrogen and oxygen atoms in total. The maximum Gasteiger partial charge on any atom is 0.148 e. The molecule has 63 heavy (non-hydrogen) atoms. The fourth-order valence-electron chi connectivity index (χ4n) is 8.58. The molecule has 0 aliphatic carbocycles. The van der Waals surface area contributed by atoms with Gasteiger partial charge in [0, 0.05) is 46.7 Å². The van der Waals surface area contributed by atoms with Gasteiger partial charge < -0.3 is 5.11 Å². The molecule has 1 N–H and O–H groups in total. The van der Waals surface area contributed by atoms with Gasteiger partial charge in [-0.2, -0.15) is 0 Å². The molecule has 0 unspecified atom stereocenters. The second-order valence-electron chi connectivity index (χ2n) is 19.6. The molecule has 0 bridgehead atoms. The van der Waals surface area contributed by atoms with Crippen LogP contribution in [0.3, 0.4) is 0 Å². The fourth-order valence-corrected chi connectivity index (χ4v) is 8.58. The molecule has 7 aromatic carbocycles. The Morgan fingerprint density at radius 1 is 0.603 bits per heavy atom. The minimum atomic E-state index is -2.81. The predicted molar refractivity (Wildman–Crippen MR) is 262 cm³/mol. The molecule has 0 aliphatic rings. The Kier molecular flexibility index (Phi) is 9.34. The number of nitrogens with zero attached hydrogens (tertiary/aromatic N) is 3. The molecule has 5 heteroatoms. The zero-order valence-corrected chi connectivity index (χ0v) is 39.6. The fraction of sp³-hybridized carbons (Fsp3) is 0.241. The quantitative estimate of drug-likeness (QED) is 0.138. The third-order valence-electron chi connectivity index (χ3n) is 12.1. The molecule has 0 saturated heterocycles. The average Bonchev–Trinajstić information content (AvgIpc) is 3.66. The van der Waals surface area contributed by atoms with E-state index < -0.39 is 19.1 Å². The van der Waals surface area contributed by atoms with Gasteiger partial charge in [0.2, 0.25) is 0 Å². The van der Waals surface area contributed by atoms with Gasteiger partial charge in [0.15, 0.2) is 0 Å². The van der Waals surface area contributed by atoms with Gasteiger partial charge in [-0.15, -0.1) is 29.3 Å². The minimum Gasteiger partial charge on any atom is -0.507 e. The van der Waals surface area contributed by atoms with Crippen LogP contribution >= 0.6 is 0 Å². The van der Waals surface area contributed by atoms with Gasteiger partial charge in [-0.3, -0.25) is 9.55 Å². The van der Waals surface area contributed by atoms with Gasteiger partial charge in [-0.1, -0.05) is 164 Å². The molecule has 9 aromatic rings. The first kappa shape index (κ1) is 36.6. The number of benzene rings is 7. The number of imidazole rings is 1. The first-order valence-corrected chi connectivity index (χ1v) is 21.3. The van der Waals surface area contributed by atoms with Gasteiger partial charge >= 0.3 is 0 Å². The number of para-hydroxylation sites is 1. The summed E-state index contributed by atoms with van der Waals surface area (Å²) in [7, 11) is 0. The normalized spacial score (nSPS) is 14.1. The average molecular weight is 1010 g/mol. The van der Waals surface area contributed by atoms with E-state index in [9.17, 15) is 9.22 Å². The molecular weight excluding hydrogens is 950 g/mol. The van der Waals surface area contributed by atoms with Crippen LogP contribution in [0.2, 0.25) is 0 Å². The van der Waals surface area contributed by atoms with Gasteiger partial charge in [0.25, 0.3) is 0 Å². The Morgan fingerprint density at radius 2 is 1.32 bits per heavy atom. The van der Waals surface area contributed by atoms with Crippen molar-refractivity contribution in [3.63, 3.8) is 0 Å². The Hall–Kier alpha value is -5.83. The molecule has 320 valence electrons. The van der Waals surface area contributed by atoms with Crippen molar-refractivity contribution in [2.75, 3.05) is 0 Å². The number of phenolic OH excluding ortho intramolecular Hbond substituents is 1. The van der Waals surface area contributed by atoms with Crippen molar-refractivity contribution in [1.82, 2.24) is 14.5 Å². The van der Waals surface area contributed by atoms with Crippen LogP contribution in [0.5, 0.6) is 5.75 Å². The van der Waals surface area contributed by atoms with Crippen LogP contribution in [0.25, 0.3) is 83.2 Å². The van der Waals surface area contributed by atoms with Crippen molar-refractivity contribution in [3.05, 3.63) is 167 Å². The summed E-state index contributed by atoms with van der Waals surface area (Å²) >= 11 is 0. The Labute approximate surface area is 395 Å². The third kappa shape index (κ3) is 7.93. The van der Waals surface area contributed by atoms with E-state index in [0.29, 0.717) is 38.5 Å². The van der Waals surface area contributed by atoms with E-state index in [-0.39, 0.29) is 60.3 Å². The number of aromatic nitrogens is 3. The van der Waals surface area contributed by atoms with Crippen LogP contribution in [0.15, 0.2) is 134 Å². The smallest absolute Gasteiger partial charge is 0.148 e. The molecule has 9 rings (SSSR count). The van der Waals surface area contributed by atoms with Crippen LogP contribution in [-0.2, 0) is 37.3 Å². The molecule has 2 heterocycles. The van der Waals surface area contributed by atoms with Crippen molar-refractivity contribution >= 4 is 32.6 Å². The molecular formula is C58H56N3OPt-.